The van der Waals surface area contributed by atoms with E-state index in [1.54, 1.807) is 36.4 Å². The molecule has 1 aliphatic heterocycles. The smallest absolute Gasteiger partial charge is 0.343 e. The second-order valence-electron chi connectivity index (χ2n) is 5.97. The molecule has 3 rings (SSSR count). The number of thiocarbonyl (C=S) groups is 1. The number of methoxy groups -OCH3 is 1. The van der Waals surface area contributed by atoms with Crippen LogP contribution in [-0.2, 0) is 14.3 Å². The Morgan fingerprint density at radius 2 is 1.97 bits per heavy atom. The summed E-state index contributed by atoms with van der Waals surface area (Å²) in [4.78, 5) is 25.7. The molecule has 1 amide bonds. The molecule has 0 unspecified atom stereocenters. The molecule has 2 aromatic carbocycles. The summed E-state index contributed by atoms with van der Waals surface area (Å²) >= 11 is 6.37. The molecule has 2 aromatic rings. The SMILES string of the molecule is CCOc1cc(/C=C2\SC(=S)N(c3ccccc3F)C2=O)ccc1OCC(=O)OC. The molecular weight excluding hydrogens is 429 g/mol. The fraction of sp³-hybridized carbons (Fsp3) is 0.190. The van der Waals surface area contributed by atoms with Gasteiger partial charge in [-0.2, -0.15) is 0 Å². The molecule has 0 radical (unpaired) electrons. The highest BCUT2D eigenvalue weighted by molar-refractivity contribution is 8.27. The number of rotatable bonds is 7. The third kappa shape index (κ3) is 4.80. The van der Waals surface area contributed by atoms with E-state index in [1.807, 2.05) is 6.92 Å². The summed E-state index contributed by atoms with van der Waals surface area (Å²) in [5, 5.41) is 0. The fourth-order valence-corrected chi connectivity index (χ4v) is 3.94. The Bertz CT molecular complexity index is 1020. The molecule has 9 heteroatoms. The number of amides is 1. The second kappa shape index (κ2) is 9.73. The van der Waals surface area contributed by atoms with Crippen LogP contribution in [0.4, 0.5) is 10.1 Å². The summed E-state index contributed by atoms with van der Waals surface area (Å²) in [5.41, 5.74) is 0.780. The maximum absolute atomic E-state index is 14.1. The van der Waals surface area contributed by atoms with Crippen molar-refractivity contribution in [1.82, 2.24) is 0 Å². The number of benzene rings is 2. The Balaban J connectivity index is 1.86. The van der Waals surface area contributed by atoms with E-state index < -0.39 is 17.7 Å². The molecule has 1 aliphatic rings. The number of hydrogen-bond acceptors (Lipinski definition) is 7. The van der Waals surface area contributed by atoms with Gasteiger partial charge in [0.05, 0.1) is 24.3 Å². The fourth-order valence-electron chi connectivity index (χ4n) is 2.66. The zero-order chi connectivity index (χ0) is 21.7. The van der Waals surface area contributed by atoms with Gasteiger partial charge < -0.3 is 14.2 Å². The quantitative estimate of drug-likeness (QED) is 0.358. The highest BCUT2D eigenvalue weighted by Crippen LogP contribution is 2.38. The van der Waals surface area contributed by atoms with E-state index in [-0.39, 0.29) is 16.6 Å². The molecule has 156 valence electrons. The number of thioether (sulfide) groups is 1. The molecule has 1 saturated heterocycles. The molecule has 30 heavy (non-hydrogen) atoms. The zero-order valence-electron chi connectivity index (χ0n) is 16.2. The van der Waals surface area contributed by atoms with Crippen LogP contribution in [0.1, 0.15) is 12.5 Å². The number of esters is 1. The molecule has 1 heterocycles. The topological polar surface area (TPSA) is 65.1 Å². The average Bonchev–Trinajstić information content (AvgIpc) is 3.01. The number of carbonyl (C=O) groups excluding carboxylic acids is 2. The van der Waals surface area contributed by atoms with Crippen molar-refractivity contribution in [3.63, 3.8) is 0 Å². The predicted molar refractivity (Wildman–Crippen MR) is 117 cm³/mol. The standard InChI is InChI=1S/C21H18FNO5S2/c1-3-27-17-10-13(8-9-16(17)28-12-19(24)26-2)11-18-20(25)23(21(29)30-18)15-7-5-4-6-14(15)22/h4-11H,3,12H2,1-2H3/b18-11-. The summed E-state index contributed by atoms with van der Waals surface area (Å²) in [6, 6.07) is 11.0. The summed E-state index contributed by atoms with van der Waals surface area (Å²) in [6.45, 7) is 1.95. The van der Waals surface area contributed by atoms with Crippen molar-refractivity contribution in [3.05, 3.63) is 58.8 Å². The van der Waals surface area contributed by atoms with Crippen molar-refractivity contribution < 1.29 is 28.2 Å². The lowest BCUT2D eigenvalue weighted by Crippen LogP contribution is -2.28. The molecule has 0 N–H and O–H groups in total. The van der Waals surface area contributed by atoms with Crippen LogP contribution in [0.2, 0.25) is 0 Å². The molecule has 0 spiro atoms. The molecule has 0 saturated carbocycles. The van der Waals surface area contributed by atoms with Crippen molar-refractivity contribution in [1.29, 1.82) is 0 Å². The Hall–Kier alpha value is -2.91. The van der Waals surface area contributed by atoms with Gasteiger partial charge in [0.1, 0.15) is 5.82 Å². The van der Waals surface area contributed by atoms with Crippen molar-refractivity contribution in [2.75, 3.05) is 25.2 Å². The predicted octanol–water partition coefficient (Wildman–Crippen LogP) is 4.18. The summed E-state index contributed by atoms with van der Waals surface area (Å²) in [5.74, 6) is -0.656. The minimum atomic E-state index is -0.527. The van der Waals surface area contributed by atoms with Crippen LogP contribution in [0, 0.1) is 5.82 Å². The molecule has 6 nitrogen and oxygen atoms in total. The Morgan fingerprint density at radius 3 is 2.67 bits per heavy atom. The van der Waals surface area contributed by atoms with Crippen molar-refractivity contribution in [2.24, 2.45) is 0 Å². The molecule has 0 bridgehead atoms. The molecular formula is C21H18FNO5S2. The van der Waals surface area contributed by atoms with Gasteiger partial charge in [0.2, 0.25) is 0 Å². The minimum absolute atomic E-state index is 0.116. The average molecular weight is 448 g/mol. The first-order chi connectivity index (χ1) is 14.4. The van der Waals surface area contributed by atoms with Crippen LogP contribution >= 0.6 is 24.0 Å². The van der Waals surface area contributed by atoms with Crippen LogP contribution in [0.25, 0.3) is 6.08 Å². The second-order valence-corrected chi connectivity index (χ2v) is 7.65. The summed E-state index contributed by atoms with van der Waals surface area (Å²) < 4.78 is 30.0. The Labute approximate surface area is 182 Å². The Morgan fingerprint density at radius 1 is 1.20 bits per heavy atom. The summed E-state index contributed by atoms with van der Waals surface area (Å²) in [6.07, 6.45) is 1.65. The normalized spacial score (nSPS) is 14.9. The van der Waals surface area contributed by atoms with E-state index >= 15 is 0 Å². The number of hydrogen-bond donors (Lipinski definition) is 0. The lowest BCUT2D eigenvalue weighted by molar-refractivity contribution is -0.142. The monoisotopic (exact) mass is 447 g/mol. The van der Waals surface area contributed by atoms with Crippen molar-refractivity contribution in [2.45, 2.75) is 6.92 Å². The zero-order valence-corrected chi connectivity index (χ0v) is 17.8. The lowest BCUT2D eigenvalue weighted by atomic mass is 10.1. The highest BCUT2D eigenvalue weighted by Gasteiger charge is 2.34. The first-order valence-electron chi connectivity index (χ1n) is 8.93. The van der Waals surface area contributed by atoms with Gasteiger partial charge in [-0.15, -0.1) is 0 Å². The van der Waals surface area contributed by atoms with Crippen molar-refractivity contribution in [3.8, 4) is 11.5 Å². The van der Waals surface area contributed by atoms with Gasteiger partial charge in [-0.25, -0.2) is 9.18 Å². The molecule has 0 aromatic heterocycles. The molecule has 0 atom stereocenters. The third-order valence-corrected chi connectivity index (χ3v) is 5.33. The van der Waals surface area contributed by atoms with E-state index in [4.69, 9.17) is 21.7 Å². The molecule has 0 aliphatic carbocycles. The number of para-hydroxylation sites is 1. The Kier molecular flexibility index (Phi) is 7.07. The third-order valence-electron chi connectivity index (χ3n) is 4.03. The van der Waals surface area contributed by atoms with Crippen LogP contribution < -0.4 is 14.4 Å². The van der Waals surface area contributed by atoms with Gasteiger partial charge in [0.25, 0.3) is 5.91 Å². The van der Waals surface area contributed by atoms with Gasteiger partial charge in [-0.1, -0.05) is 42.2 Å². The highest BCUT2D eigenvalue weighted by atomic mass is 32.2. The van der Waals surface area contributed by atoms with Gasteiger partial charge in [0.15, 0.2) is 22.4 Å². The minimum Gasteiger partial charge on any atom is -0.490 e. The number of anilines is 1. The van der Waals surface area contributed by atoms with Gasteiger partial charge in [-0.3, -0.25) is 9.69 Å². The van der Waals surface area contributed by atoms with Crippen molar-refractivity contribution >= 4 is 51.9 Å². The van der Waals surface area contributed by atoms with Crippen LogP contribution in [0.3, 0.4) is 0 Å². The van der Waals surface area contributed by atoms with E-state index in [1.165, 1.54) is 24.1 Å². The molecule has 1 fully saturated rings. The largest absolute Gasteiger partial charge is 0.490 e. The van der Waals surface area contributed by atoms with Gasteiger partial charge in [-0.05, 0) is 42.8 Å². The number of ether oxygens (including phenoxy) is 3. The van der Waals surface area contributed by atoms with Gasteiger partial charge in [0, 0.05) is 0 Å². The van der Waals surface area contributed by atoms with Crippen LogP contribution in [-0.4, -0.2) is 36.5 Å². The van der Waals surface area contributed by atoms with Gasteiger partial charge >= 0.3 is 5.97 Å². The maximum atomic E-state index is 14.1. The summed E-state index contributed by atoms with van der Waals surface area (Å²) in [7, 11) is 1.27. The number of nitrogens with zero attached hydrogens (tertiary/aromatic N) is 1. The van der Waals surface area contributed by atoms with E-state index in [9.17, 15) is 14.0 Å². The van der Waals surface area contributed by atoms with E-state index in [0.717, 1.165) is 11.8 Å². The van der Waals surface area contributed by atoms with E-state index in [0.29, 0.717) is 28.6 Å². The number of halogens is 1. The first-order valence-corrected chi connectivity index (χ1v) is 10.2. The van der Waals surface area contributed by atoms with E-state index in [2.05, 4.69) is 4.74 Å². The lowest BCUT2D eigenvalue weighted by Gasteiger charge is -2.15. The number of carbonyl (C=O) groups is 2. The van der Waals surface area contributed by atoms with Crippen LogP contribution in [0.15, 0.2) is 47.4 Å². The maximum Gasteiger partial charge on any atom is 0.343 e. The van der Waals surface area contributed by atoms with Crippen LogP contribution in [0.5, 0.6) is 11.5 Å². The first kappa shape index (κ1) is 21.8.